The number of fused-ring (bicyclic) bond motifs is 5. The van der Waals surface area contributed by atoms with Crippen molar-refractivity contribution in [2.24, 2.45) is 34.5 Å². The number of nitro benzene ring substituents is 1. The molecular formula is C18H15ClN4O6. The number of benzene rings is 1. The first-order chi connectivity index (χ1) is 13.8. The summed E-state index contributed by atoms with van der Waals surface area (Å²) >= 11 is 6.04. The highest BCUT2D eigenvalue weighted by Crippen LogP contribution is 2.52. The van der Waals surface area contributed by atoms with Crippen LogP contribution in [0, 0.1) is 33.8 Å². The highest BCUT2D eigenvalue weighted by molar-refractivity contribution is 6.32. The van der Waals surface area contributed by atoms with E-state index >= 15 is 0 Å². The normalized spacial score (nSPS) is 27.1. The van der Waals surface area contributed by atoms with Gasteiger partial charge in [-0.2, -0.15) is 10.1 Å². The minimum absolute atomic E-state index is 0.0545. The monoisotopic (exact) mass is 418 g/mol. The molecule has 11 heteroatoms. The smallest absolute Gasteiger partial charge is 0.313 e. The van der Waals surface area contributed by atoms with Gasteiger partial charge < -0.3 is 10.5 Å². The molecule has 1 aliphatic heterocycles. The number of rotatable bonds is 6. The first-order valence-corrected chi connectivity index (χ1v) is 9.15. The van der Waals surface area contributed by atoms with E-state index in [1.165, 1.54) is 6.07 Å². The van der Waals surface area contributed by atoms with Gasteiger partial charge in [0, 0.05) is 11.6 Å². The summed E-state index contributed by atoms with van der Waals surface area (Å²) in [5.74, 6) is -2.53. The molecule has 4 rings (SSSR count). The van der Waals surface area contributed by atoms with Crippen molar-refractivity contribution in [3.8, 4) is 5.75 Å². The van der Waals surface area contributed by atoms with E-state index in [-0.39, 0.29) is 40.0 Å². The van der Waals surface area contributed by atoms with E-state index in [2.05, 4.69) is 5.10 Å². The number of halogens is 1. The van der Waals surface area contributed by atoms with Crippen molar-refractivity contribution in [3.63, 3.8) is 0 Å². The SMILES string of the molecule is NC(=O)COc1c(Cl)cc(C=NN2C(=O)[C@@H]3[C@H](C2=O)[C@H]2C=C[C@H]3C2)cc1[N+](=O)[O-]. The lowest BCUT2D eigenvalue weighted by Crippen LogP contribution is -2.28. The van der Waals surface area contributed by atoms with Gasteiger partial charge >= 0.3 is 5.69 Å². The molecule has 1 saturated heterocycles. The number of ether oxygens (including phenoxy) is 1. The fraction of sp³-hybridized carbons (Fsp3) is 0.333. The van der Waals surface area contributed by atoms with Crippen LogP contribution in [0.2, 0.25) is 5.02 Å². The number of hydrogen-bond donors (Lipinski definition) is 1. The van der Waals surface area contributed by atoms with Crippen LogP contribution in [0.1, 0.15) is 12.0 Å². The summed E-state index contributed by atoms with van der Waals surface area (Å²) in [5.41, 5.74) is 4.67. The van der Waals surface area contributed by atoms with Gasteiger partial charge in [0.15, 0.2) is 6.61 Å². The van der Waals surface area contributed by atoms with Crippen molar-refractivity contribution in [3.05, 3.63) is 45.0 Å². The number of amides is 3. The molecule has 2 N–H and O–H groups in total. The van der Waals surface area contributed by atoms with Crippen LogP contribution >= 0.6 is 11.6 Å². The van der Waals surface area contributed by atoms with Crippen molar-refractivity contribution in [2.75, 3.05) is 6.61 Å². The zero-order valence-corrected chi connectivity index (χ0v) is 15.6. The van der Waals surface area contributed by atoms with E-state index in [1.54, 1.807) is 0 Å². The maximum Gasteiger partial charge on any atom is 0.313 e. The van der Waals surface area contributed by atoms with Crippen molar-refractivity contribution in [1.29, 1.82) is 0 Å². The molecule has 1 aromatic carbocycles. The number of hydrazone groups is 1. The minimum Gasteiger partial charge on any atom is -0.476 e. The fourth-order valence-electron chi connectivity index (χ4n) is 4.22. The maximum atomic E-state index is 12.6. The highest BCUT2D eigenvalue weighted by Gasteiger charge is 2.59. The van der Waals surface area contributed by atoms with Gasteiger partial charge in [-0.25, -0.2) is 0 Å². The summed E-state index contributed by atoms with van der Waals surface area (Å²) in [5, 5.41) is 16.0. The van der Waals surface area contributed by atoms with Gasteiger partial charge in [0.05, 0.1) is 28.0 Å². The molecule has 1 saturated carbocycles. The zero-order chi connectivity index (χ0) is 20.9. The van der Waals surface area contributed by atoms with E-state index in [0.29, 0.717) is 0 Å². The number of allylic oxidation sites excluding steroid dienone is 2. The largest absolute Gasteiger partial charge is 0.476 e. The Hall–Kier alpha value is -3.27. The van der Waals surface area contributed by atoms with Crippen LogP contribution in [0.4, 0.5) is 5.69 Å². The summed E-state index contributed by atoms with van der Waals surface area (Å²) in [6.07, 6.45) is 5.90. The molecule has 1 aromatic rings. The van der Waals surface area contributed by atoms with E-state index in [9.17, 15) is 24.5 Å². The molecule has 2 aliphatic carbocycles. The molecule has 10 nitrogen and oxygen atoms in total. The predicted molar refractivity (Wildman–Crippen MR) is 100.0 cm³/mol. The molecule has 150 valence electrons. The van der Waals surface area contributed by atoms with Gasteiger partial charge in [-0.1, -0.05) is 23.8 Å². The average molecular weight is 419 g/mol. The first-order valence-electron chi connectivity index (χ1n) is 8.77. The maximum absolute atomic E-state index is 12.6. The molecule has 2 bridgehead atoms. The average Bonchev–Trinajstić information content (AvgIpc) is 3.33. The Balaban J connectivity index is 1.59. The number of carbonyl (C=O) groups is 3. The predicted octanol–water partition coefficient (Wildman–Crippen LogP) is 1.25. The second-order valence-corrected chi connectivity index (χ2v) is 7.50. The standard InChI is InChI=1S/C18H15ClN4O6/c19-11-3-8(4-12(23(27)28)16(11)29-7-13(20)24)6-21-22-17(25)14-9-1-2-10(5-9)15(14)18(22)26/h1-4,6,9-10,14-15H,5,7H2,(H2,20,24)/t9-,10-,14-,15+/m0/s1. The second kappa shape index (κ2) is 6.96. The van der Waals surface area contributed by atoms with Crippen LogP contribution in [-0.2, 0) is 14.4 Å². The van der Waals surface area contributed by atoms with E-state index in [1.807, 2.05) is 12.2 Å². The van der Waals surface area contributed by atoms with Crippen LogP contribution in [0.5, 0.6) is 5.75 Å². The second-order valence-electron chi connectivity index (χ2n) is 7.10. The van der Waals surface area contributed by atoms with Gasteiger partial charge in [-0.05, 0) is 24.3 Å². The van der Waals surface area contributed by atoms with Gasteiger partial charge in [-0.15, -0.1) is 0 Å². The molecule has 3 amide bonds. The lowest BCUT2D eigenvalue weighted by molar-refractivity contribution is -0.385. The summed E-state index contributed by atoms with van der Waals surface area (Å²) in [7, 11) is 0. The highest BCUT2D eigenvalue weighted by atomic mass is 35.5. The van der Waals surface area contributed by atoms with Gasteiger partial charge in [0.25, 0.3) is 17.7 Å². The number of nitrogens with two attached hydrogens (primary N) is 1. The van der Waals surface area contributed by atoms with Crippen LogP contribution in [0.3, 0.4) is 0 Å². The third kappa shape index (κ3) is 3.15. The molecule has 0 aromatic heterocycles. The quantitative estimate of drug-likeness (QED) is 0.242. The molecule has 3 aliphatic rings. The lowest BCUT2D eigenvalue weighted by atomic mass is 9.85. The molecular weight excluding hydrogens is 404 g/mol. The molecule has 29 heavy (non-hydrogen) atoms. The molecule has 1 heterocycles. The molecule has 0 unspecified atom stereocenters. The topological polar surface area (TPSA) is 145 Å². The van der Waals surface area contributed by atoms with E-state index in [4.69, 9.17) is 22.1 Å². The Morgan fingerprint density at radius 2 is 1.93 bits per heavy atom. The lowest BCUT2D eigenvalue weighted by Gasteiger charge is -2.13. The van der Waals surface area contributed by atoms with Gasteiger partial charge in [0.1, 0.15) is 0 Å². The molecule has 0 spiro atoms. The first kappa shape index (κ1) is 19.1. The van der Waals surface area contributed by atoms with Crippen molar-refractivity contribution >= 4 is 41.2 Å². The van der Waals surface area contributed by atoms with Crippen molar-refractivity contribution < 1.29 is 24.0 Å². The number of imide groups is 1. The van der Waals surface area contributed by atoms with Gasteiger partial charge in [0.2, 0.25) is 5.75 Å². The van der Waals surface area contributed by atoms with Crippen molar-refractivity contribution in [2.45, 2.75) is 6.42 Å². The summed E-state index contributed by atoms with van der Waals surface area (Å²) in [6.45, 7) is -0.579. The Morgan fingerprint density at radius 3 is 2.48 bits per heavy atom. The summed E-state index contributed by atoms with van der Waals surface area (Å²) in [4.78, 5) is 46.7. The van der Waals surface area contributed by atoms with Crippen LogP contribution in [0.25, 0.3) is 0 Å². The Kier molecular flexibility index (Phi) is 4.58. The third-order valence-corrected chi connectivity index (χ3v) is 5.65. The summed E-state index contributed by atoms with van der Waals surface area (Å²) in [6, 6.07) is 2.42. The number of nitro groups is 1. The third-order valence-electron chi connectivity index (χ3n) is 5.37. The number of carbonyl (C=O) groups excluding carboxylic acids is 3. The Morgan fingerprint density at radius 1 is 1.31 bits per heavy atom. The Bertz CT molecular complexity index is 976. The molecule has 4 atom stereocenters. The number of nitrogens with zero attached hydrogens (tertiary/aromatic N) is 3. The van der Waals surface area contributed by atoms with Crippen LogP contribution in [-0.4, -0.2) is 40.5 Å². The molecule has 0 radical (unpaired) electrons. The zero-order valence-electron chi connectivity index (χ0n) is 14.9. The van der Waals surface area contributed by atoms with E-state index in [0.717, 1.165) is 23.7 Å². The van der Waals surface area contributed by atoms with Crippen LogP contribution < -0.4 is 10.5 Å². The van der Waals surface area contributed by atoms with E-state index < -0.39 is 35.0 Å². The number of primary amides is 1. The Labute approximate surface area is 169 Å². The fourth-order valence-corrected chi connectivity index (χ4v) is 4.50. The van der Waals surface area contributed by atoms with Crippen molar-refractivity contribution in [1.82, 2.24) is 5.01 Å². The van der Waals surface area contributed by atoms with Gasteiger partial charge in [-0.3, -0.25) is 24.5 Å². The minimum atomic E-state index is -0.818. The van der Waals surface area contributed by atoms with Crippen LogP contribution in [0.15, 0.2) is 29.4 Å². The summed E-state index contributed by atoms with van der Waals surface area (Å²) < 4.78 is 5.02. The number of hydrogen-bond acceptors (Lipinski definition) is 7. The molecule has 2 fully saturated rings.